The van der Waals surface area contributed by atoms with Gasteiger partial charge in [-0.2, -0.15) is 0 Å². The number of hydrogen-bond donors (Lipinski definition) is 0. The first-order valence-corrected chi connectivity index (χ1v) is 4.14. The summed E-state index contributed by atoms with van der Waals surface area (Å²) >= 11 is 0. The van der Waals surface area contributed by atoms with Crippen LogP contribution in [-0.4, -0.2) is 29.1 Å². The maximum atomic E-state index is 5.30. The van der Waals surface area contributed by atoms with Gasteiger partial charge in [0, 0.05) is 25.4 Å². The van der Waals surface area contributed by atoms with Crippen LogP contribution in [0.2, 0.25) is 0 Å². The number of ether oxygens (including phenoxy) is 2. The van der Waals surface area contributed by atoms with Gasteiger partial charge in [-0.1, -0.05) is 0 Å². The summed E-state index contributed by atoms with van der Waals surface area (Å²) < 4.78 is 12.6. The van der Waals surface area contributed by atoms with Crippen LogP contribution in [0.25, 0.3) is 0 Å². The second-order valence-electron chi connectivity index (χ2n) is 2.76. The van der Waals surface area contributed by atoms with Crippen molar-refractivity contribution in [2.45, 2.75) is 19.3 Å². The molecule has 0 amide bonds. The summed E-state index contributed by atoms with van der Waals surface area (Å²) in [6, 6.07) is 0. The quantitative estimate of drug-likeness (QED) is 0.664. The molecule has 2 heterocycles. The number of hydrogen-bond acceptors (Lipinski definition) is 3. The standard InChI is InChI=1S/C8H12N2O2/c1(8-11-5-6-12-8)3-10-4-2-9-7-10/h2,4,7-8H,1,3,5-6H2. The molecule has 0 bridgehead atoms. The van der Waals surface area contributed by atoms with Gasteiger partial charge in [-0.05, 0) is 0 Å². The summed E-state index contributed by atoms with van der Waals surface area (Å²) in [6.45, 7) is 2.37. The van der Waals surface area contributed by atoms with Gasteiger partial charge in [0.2, 0.25) is 0 Å². The largest absolute Gasteiger partial charge is 0.350 e. The predicted molar refractivity (Wildman–Crippen MR) is 42.5 cm³/mol. The van der Waals surface area contributed by atoms with Crippen LogP contribution < -0.4 is 0 Å². The molecule has 1 fully saturated rings. The van der Waals surface area contributed by atoms with Crippen molar-refractivity contribution >= 4 is 0 Å². The SMILES string of the molecule is c1cn(CCC2OCCO2)cn1. The third-order valence-corrected chi connectivity index (χ3v) is 1.87. The molecule has 0 atom stereocenters. The Balaban J connectivity index is 1.74. The Hall–Kier alpha value is -0.870. The minimum absolute atomic E-state index is 0.00704. The van der Waals surface area contributed by atoms with Crippen LogP contribution in [0.1, 0.15) is 6.42 Å². The highest BCUT2D eigenvalue weighted by Crippen LogP contribution is 2.08. The highest BCUT2D eigenvalue weighted by atomic mass is 16.7. The summed E-state index contributed by atoms with van der Waals surface area (Å²) in [5, 5.41) is 0. The molecule has 4 nitrogen and oxygen atoms in total. The lowest BCUT2D eigenvalue weighted by Crippen LogP contribution is -2.10. The van der Waals surface area contributed by atoms with Crippen molar-refractivity contribution in [3.8, 4) is 0 Å². The minimum Gasteiger partial charge on any atom is -0.350 e. The van der Waals surface area contributed by atoms with Gasteiger partial charge in [0.25, 0.3) is 0 Å². The van der Waals surface area contributed by atoms with Gasteiger partial charge >= 0.3 is 0 Å². The highest BCUT2D eigenvalue weighted by molar-refractivity contribution is 4.74. The molecule has 1 saturated heterocycles. The van der Waals surface area contributed by atoms with E-state index in [9.17, 15) is 0 Å². The van der Waals surface area contributed by atoms with Gasteiger partial charge in [-0.3, -0.25) is 0 Å². The first kappa shape index (κ1) is 7.76. The van der Waals surface area contributed by atoms with Crippen LogP contribution in [0.3, 0.4) is 0 Å². The van der Waals surface area contributed by atoms with Crippen molar-refractivity contribution < 1.29 is 9.47 Å². The Bertz CT molecular complexity index is 217. The van der Waals surface area contributed by atoms with Crippen molar-refractivity contribution in [2.24, 2.45) is 0 Å². The van der Waals surface area contributed by atoms with Crippen LogP contribution >= 0.6 is 0 Å². The smallest absolute Gasteiger partial charge is 0.159 e. The van der Waals surface area contributed by atoms with E-state index in [0.29, 0.717) is 0 Å². The van der Waals surface area contributed by atoms with E-state index in [4.69, 9.17) is 9.47 Å². The average Bonchev–Trinajstić information content (AvgIpc) is 2.74. The molecule has 0 N–H and O–H groups in total. The average molecular weight is 168 g/mol. The Kier molecular flexibility index (Phi) is 2.39. The fraction of sp³-hybridized carbons (Fsp3) is 0.625. The second-order valence-corrected chi connectivity index (χ2v) is 2.76. The van der Waals surface area contributed by atoms with Gasteiger partial charge in [0.15, 0.2) is 6.29 Å². The molecule has 1 aromatic rings. The molecule has 1 aliphatic heterocycles. The minimum atomic E-state index is -0.00704. The Morgan fingerprint density at radius 2 is 2.25 bits per heavy atom. The third-order valence-electron chi connectivity index (χ3n) is 1.87. The number of nitrogens with zero attached hydrogens (tertiary/aromatic N) is 2. The Labute approximate surface area is 71.1 Å². The molecule has 0 saturated carbocycles. The van der Waals surface area contributed by atoms with E-state index in [1.807, 2.05) is 10.8 Å². The van der Waals surface area contributed by atoms with E-state index in [-0.39, 0.29) is 6.29 Å². The van der Waals surface area contributed by atoms with E-state index in [2.05, 4.69) is 4.98 Å². The lowest BCUT2D eigenvalue weighted by atomic mass is 10.4. The molecule has 0 unspecified atom stereocenters. The first-order chi connectivity index (χ1) is 5.95. The third kappa shape index (κ3) is 1.84. The number of aromatic nitrogens is 2. The van der Waals surface area contributed by atoms with Gasteiger partial charge < -0.3 is 14.0 Å². The van der Waals surface area contributed by atoms with Crippen LogP contribution in [0.15, 0.2) is 18.7 Å². The fourth-order valence-corrected chi connectivity index (χ4v) is 1.25. The van der Waals surface area contributed by atoms with E-state index < -0.39 is 0 Å². The fourth-order valence-electron chi connectivity index (χ4n) is 1.25. The number of imidazole rings is 1. The number of aryl methyl sites for hydroxylation is 1. The summed E-state index contributed by atoms with van der Waals surface area (Å²) in [5.74, 6) is 0. The van der Waals surface area contributed by atoms with E-state index in [1.54, 1.807) is 12.5 Å². The van der Waals surface area contributed by atoms with Crippen LogP contribution in [0.4, 0.5) is 0 Å². The molecule has 12 heavy (non-hydrogen) atoms. The summed E-state index contributed by atoms with van der Waals surface area (Å²) in [5.41, 5.74) is 0. The molecule has 0 aliphatic carbocycles. The lowest BCUT2D eigenvalue weighted by Gasteiger charge is -2.08. The lowest BCUT2D eigenvalue weighted by molar-refractivity contribution is -0.0490. The molecule has 4 heteroatoms. The van der Waals surface area contributed by atoms with Crippen LogP contribution in [-0.2, 0) is 16.0 Å². The highest BCUT2D eigenvalue weighted by Gasteiger charge is 2.14. The van der Waals surface area contributed by atoms with E-state index in [0.717, 1.165) is 26.2 Å². The Morgan fingerprint density at radius 3 is 2.92 bits per heavy atom. The maximum absolute atomic E-state index is 5.30. The molecular weight excluding hydrogens is 156 g/mol. The van der Waals surface area contributed by atoms with Crippen LogP contribution in [0, 0.1) is 0 Å². The molecule has 2 rings (SSSR count). The summed E-state index contributed by atoms with van der Waals surface area (Å²) in [7, 11) is 0. The number of rotatable bonds is 3. The van der Waals surface area contributed by atoms with Gasteiger partial charge in [0.05, 0.1) is 19.5 Å². The van der Waals surface area contributed by atoms with Crippen molar-refractivity contribution in [3.05, 3.63) is 18.7 Å². The van der Waals surface area contributed by atoms with E-state index >= 15 is 0 Å². The molecule has 1 aromatic heterocycles. The topological polar surface area (TPSA) is 36.3 Å². The second kappa shape index (κ2) is 3.69. The zero-order chi connectivity index (χ0) is 8.23. The maximum Gasteiger partial charge on any atom is 0.159 e. The van der Waals surface area contributed by atoms with Gasteiger partial charge in [0.1, 0.15) is 0 Å². The zero-order valence-corrected chi connectivity index (χ0v) is 6.85. The summed E-state index contributed by atoms with van der Waals surface area (Å²) in [6.07, 6.45) is 6.41. The Morgan fingerprint density at radius 1 is 1.42 bits per heavy atom. The zero-order valence-electron chi connectivity index (χ0n) is 6.85. The molecule has 1 aliphatic rings. The van der Waals surface area contributed by atoms with Gasteiger partial charge in [-0.15, -0.1) is 0 Å². The van der Waals surface area contributed by atoms with Crippen molar-refractivity contribution in [2.75, 3.05) is 13.2 Å². The van der Waals surface area contributed by atoms with Crippen molar-refractivity contribution in [1.82, 2.24) is 9.55 Å². The molecule has 0 radical (unpaired) electrons. The predicted octanol–water partition coefficient (Wildman–Crippen LogP) is 0.646. The monoisotopic (exact) mass is 168 g/mol. The molecule has 66 valence electrons. The van der Waals surface area contributed by atoms with E-state index in [1.165, 1.54) is 0 Å². The van der Waals surface area contributed by atoms with Crippen LogP contribution in [0.5, 0.6) is 0 Å². The van der Waals surface area contributed by atoms with Gasteiger partial charge in [-0.25, -0.2) is 4.98 Å². The molecule has 0 aromatic carbocycles. The van der Waals surface area contributed by atoms with Crippen molar-refractivity contribution in [1.29, 1.82) is 0 Å². The molecule has 0 spiro atoms. The molecular formula is C8H12N2O2. The first-order valence-electron chi connectivity index (χ1n) is 4.14. The van der Waals surface area contributed by atoms with Crippen molar-refractivity contribution in [3.63, 3.8) is 0 Å². The summed E-state index contributed by atoms with van der Waals surface area (Å²) in [4.78, 5) is 3.95. The normalized spacial score (nSPS) is 18.7.